The zero-order valence-electron chi connectivity index (χ0n) is 11.7. The molecule has 3 rings (SSSR count). The van der Waals surface area contributed by atoms with Crippen molar-refractivity contribution in [1.82, 2.24) is 10.3 Å². The number of nitrogens with one attached hydrogen (secondary N) is 1. The van der Waals surface area contributed by atoms with Gasteiger partial charge in [-0.25, -0.2) is 4.98 Å². The summed E-state index contributed by atoms with van der Waals surface area (Å²) in [5.41, 5.74) is 9.12. The van der Waals surface area contributed by atoms with E-state index in [0.29, 0.717) is 23.5 Å². The van der Waals surface area contributed by atoms with Gasteiger partial charge in [0.25, 0.3) is 5.91 Å². The summed E-state index contributed by atoms with van der Waals surface area (Å²) in [6.45, 7) is 0.570. The number of rotatable bonds is 4. The summed E-state index contributed by atoms with van der Waals surface area (Å²) >= 11 is 1.37. The van der Waals surface area contributed by atoms with Crippen molar-refractivity contribution in [2.45, 2.75) is 32.1 Å². The van der Waals surface area contributed by atoms with E-state index in [1.165, 1.54) is 16.9 Å². The van der Waals surface area contributed by atoms with Crippen molar-refractivity contribution in [3.8, 4) is 12.3 Å². The molecule has 1 aliphatic carbocycles. The minimum atomic E-state index is -0.132. The summed E-state index contributed by atoms with van der Waals surface area (Å²) < 4.78 is 0. The Bertz CT molecular complexity index is 742. The quantitative estimate of drug-likeness (QED) is 0.673. The summed E-state index contributed by atoms with van der Waals surface area (Å²) in [5, 5.41) is 3.77. The number of amides is 1. The SMILES string of the molecule is C#CCCCNC(=O)c1sc2nc3c(cc2c1N)CCC3. The fourth-order valence-electron chi connectivity index (χ4n) is 2.64. The number of nitrogen functional groups attached to an aromatic ring is 1. The first kappa shape index (κ1) is 13.9. The molecular formula is C16H17N3OS. The van der Waals surface area contributed by atoms with Crippen LogP contribution in [0.4, 0.5) is 5.69 Å². The number of unbranched alkanes of at least 4 members (excludes halogenated alkanes) is 1. The summed E-state index contributed by atoms with van der Waals surface area (Å²) in [7, 11) is 0. The van der Waals surface area contributed by atoms with Crippen molar-refractivity contribution in [3.05, 3.63) is 22.2 Å². The van der Waals surface area contributed by atoms with Gasteiger partial charge < -0.3 is 11.1 Å². The molecule has 2 heterocycles. The highest BCUT2D eigenvalue weighted by Crippen LogP contribution is 2.35. The number of fused-ring (bicyclic) bond motifs is 2. The van der Waals surface area contributed by atoms with Gasteiger partial charge in [-0.05, 0) is 37.3 Å². The molecule has 2 aromatic heterocycles. The van der Waals surface area contributed by atoms with Gasteiger partial charge in [-0.15, -0.1) is 23.7 Å². The van der Waals surface area contributed by atoms with Gasteiger partial charge in [0.1, 0.15) is 9.71 Å². The van der Waals surface area contributed by atoms with E-state index in [-0.39, 0.29) is 5.91 Å². The molecule has 1 aliphatic rings. The third-order valence-corrected chi connectivity index (χ3v) is 4.85. The van der Waals surface area contributed by atoms with Gasteiger partial charge in [0.05, 0.1) is 5.69 Å². The number of carbonyl (C=O) groups is 1. The van der Waals surface area contributed by atoms with Gasteiger partial charge in [0.15, 0.2) is 0 Å². The summed E-state index contributed by atoms with van der Waals surface area (Å²) in [5.74, 6) is 2.42. The van der Waals surface area contributed by atoms with Crippen LogP contribution in [0.5, 0.6) is 0 Å². The maximum atomic E-state index is 12.2. The number of pyridine rings is 1. The lowest BCUT2D eigenvalue weighted by Gasteiger charge is -2.02. The number of aromatic nitrogens is 1. The second-order valence-electron chi connectivity index (χ2n) is 5.21. The minimum absolute atomic E-state index is 0.132. The normalized spacial score (nSPS) is 13.1. The number of hydrogen-bond donors (Lipinski definition) is 2. The largest absolute Gasteiger partial charge is 0.397 e. The Hall–Kier alpha value is -2.06. The van der Waals surface area contributed by atoms with Crippen LogP contribution in [0.2, 0.25) is 0 Å². The van der Waals surface area contributed by atoms with Crippen LogP contribution in [0.25, 0.3) is 10.2 Å². The van der Waals surface area contributed by atoms with Crippen molar-refractivity contribution in [3.63, 3.8) is 0 Å². The molecule has 0 fully saturated rings. The van der Waals surface area contributed by atoms with E-state index < -0.39 is 0 Å². The van der Waals surface area contributed by atoms with Crippen LogP contribution in [0, 0.1) is 12.3 Å². The predicted molar refractivity (Wildman–Crippen MR) is 86.5 cm³/mol. The van der Waals surface area contributed by atoms with Crippen molar-refractivity contribution in [2.24, 2.45) is 0 Å². The van der Waals surface area contributed by atoms with Gasteiger partial charge in [0.2, 0.25) is 0 Å². The average Bonchev–Trinajstić information content (AvgIpc) is 3.06. The molecule has 3 N–H and O–H groups in total. The Kier molecular flexibility index (Phi) is 3.80. The van der Waals surface area contributed by atoms with Crippen LogP contribution in [-0.2, 0) is 12.8 Å². The number of nitrogens with zero attached hydrogens (tertiary/aromatic N) is 1. The first-order valence-corrected chi connectivity index (χ1v) is 7.94. The van der Waals surface area contributed by atoms with Crippen LogP contribution in [0.15, 0.2) is 6.07 Å². The number of hydrogen-bond acceptors (Lipinski definition) is 4. The summed E-state index contributed by atoms with van der Waals surface area (Å²) in [4.78, 5) is 18.3. The zero-order chi connectivity index (χ0) is 14.8. The van der Waals surface area contributed by atoms with Gasteiger partial charge in [-0.3, -0.25) is 4.79 Å². The second kappa shape index (κ2) is 5.74. The fourth-order valence-corrected chi connectivity index (χ4v) is 3.65. The third-order valence-electron chi connectivity index (χ3n) is 3.74. The molecule has 0 radical (unpaired) electrons. The number of carbonyl (C=O) groups excluding carboxylic acids is 1. The minimum Gasteiger partial charge on any atom is -0.397 e. The molecule has 0 saturated carbocycles. The topological polar surface area (TPSA) is 68.0 Å². The van der Waals surface area contributed by atoms with E-state index in [1.54, 1.807) is 0 Å². The Labute approximate surface area is 127 Å². The number of terminal acetylenes is 1. The third kappa shape index (κ3) is 2.59. The maximum Gasteiger partial charge on any atom is 0.263 e. The van der Waals surface area contributed by atoms with E-state index in [9.17, 15) is 4.79 Å². The average molecular weight is 299 g/mol. The number of aryl methyl sites for hydroxylation is 2. The van der Waals surface area contributed by atoms with Gasteiger partial charge >= 0.3 is 0 Å². The lowest BCUT2D eigenvalue weighted by atomic mass is 10.1. The standard InChI is InChI=1S/C16H17N3OS/c1-2-3-4-8-18-15(20)14-13(17)11-9-10-6-5-7-12(10)19-16(11)21-14/h1,9H,3-8,17H2,(H,18,20). The van der Waals surface area contributed by atoms with E-state index in [0.717, 1.165) is 41.6 Å². The molecule has 0 unspecified atom stereocenters. The molecule has 0 aliphatic heterocycles. The first-order chi connectivity index (χ1) is 10.2. The van der Waals surface area contributed by atoms with Gasteiger partial charge in [0, 0.05) is 24.0 Å². The van der Waals surface area contributed by atoms with Crippen LogP contribution in [0.1, 0.15) is 40.2 Å². The van der Waals surface area contributed by atoms with Crippen molar-refractivity contribution >= 4 is 33.1 Å². The van der Waals surface area contributed by atoms with E-state index in [2.05, 4.69) is 22.3 Å². The number of anilines is 1. The Morgan fingerprint density at radius 3 is 3.19 bits per heavy atom. The van der Waals surface area contributed by atoms with Crippen LogP contribution in [-0.4, -0.2) is 17.4 Å². The van der Waals surface area contributed by atoms with Gasteiger partial charge in [-0.2, -0.15) is 0 Å². The Morgan fingerprint density at radius 2 is 2.38 bits per heavy atom. The molecule has 0 aromatic carbocycles. The lowest BCUT2D eigenvalue weighted by molar-refractivity contribution is 0.0958. The predicted octanol–water partition coefficient (Wildman–Crippen LogP) is 2.51. The Morgan fingerprint density at radius 1 is 1.52 bits per heavy atom. The highest BCUT2D eigenvalue weighted by molar-refractivity contribution is 7.21. The van der Waals surface area contributed by atoms with E-state index in [1.807, 2.05) is 0 Å². The number of thiophene rings is 1. The fraction of sp³-hybridized carbons (Fsp3) is 0.375. The van der Waals surface area contributed by atoms with Crippen LogP contribution in [0.3, 0.4) is 0 Å². The van der Waals surface area contributed by atoms with E-state index >= 15 is 0 Å². The maximum absolute atomic E-state index is 12.2. The molecule has 108 valence electrons. The molecule has 21 heavy (non-hydrogen) atoms. The van der Waals surface area contributed by atoms with Crippen molar-refractivity contribution < 1.29 is 4.79 Å². The lowest BCUT2D eigenvalue weighted by Crippen LogP contribution is -2.24. The molecular weight excluding hydrogens is 282 g/mol. The van der Waals surface area contributed by atoms with Crippen molar-refractivity contribution in [2.75, 3.05) is 12.3 Å². The molecule has 5 heteroatoms. The monoisotopic (exact) mass is 299 g/mol. The number of nitrogens with two attached hydrogens (primary N) is 1. The first-order valence-electron chi connectivity index (χ1n) is 7.13. The second-order valence-corrected chi connectivity index (χ2v) is 6.21. The molecule has 0 saturated heterocycles. The molecule has 1 amide bonds. The molecule has 0 spiro atoms. The highest BCUT2D eigenvalue weighted by atomic mass is 32.1. The summed E-state index contributed by atoms with van der Waals surface area (Å²) in [6.07, 6.45) is 9.87. The zero-order valence-corrected chi connectivity index (χ0v) is 12.6. The van der Waals surface area contributed by atoms with Crippen LogP contribution < -0.4 is 11.1 Å². The van der Waals surface area contributed by atoms with E-state index in [4.69, 9.17) is 12.2 Å². The molecule has 2 aromatic rings. The summed E-state index contributed by atoms with van der Waals surface area (Å²) in [6, 6.07) is 2.10. The Balaban J connectivity index is 1.85. The van der Waals surface area contributed by atoms with Gasteiger partial charge in [-0.1, -0.05) is 0 Å². The highest BCUT2D eigenvalue weighted by Gasteiger charge is 2.20. The smallest absolute Gasteiger partial charge is 0.263 e. The van der Waals surface area contributed by atoms with Crippen LogP contribution >= 0.6 is 11.3 Å². The molecule has 0 atom stereocenters. The molecule has 0 bridgehead atoms. The molecule has 4 nitrogen and oxygen atoms in total. The van der Waals surface area contributed by atoms with Crippen molar-refractivity contribution in [1.29, 1.82) is 0 Å².